The summed E-state index contributed by atoms with van der Waals surface area (Å²) in [6, 6.07) is 23.9. The van der Waals surface area contributed by atoms with Crippen LogP contribution in [0.25, 0.3) is 11.3 Å². The van der Waals surface area contributed by atoms with Crippen LogP contribution >= 0.6 is 0 Å². The molecule has 2 atom stereocenters. The van der Waals surface area contributed by atoms with E-state index in [0.29, 0.717) is 6.54 Å². The summed E-state index contributed by atoms with van der Waals surface area (Å²) < 4.78 is 5.89. The molecule has 0 unspecified atom stereocenters. The van der Waals surface area contributed by atoms with Crippen LogP contribution in [-0.4, -0.2) is 11.1 Å². The molecular formula is C20H22NO2+. The van der Waals surface area contributed by atoms with Gasteiger partial charge < -0.3 is 14.8 Å². The second kappa shape index (κ2) is 7.27. The van der Waals surface area contributed by atoms with Gasteiger partial charge in [0.15, 0.2) is 5.76 Å². The molecule has 23 heavy (non-hydrogen) atoms. The second-order valence-electron chi connectivity index (χ2n) is 5.79. The minimum atomic E-state index is -0.486. The van der Waals surface area contributed by atoms with Gasteiger partial charge >= 0.3 is 0 Å². The maximum Gasteiger partial charge on any atom is 0.158 e. The van der Waals surface area contributed by atoms with Crippen molar-refractivity contribution in [1.29, 1.82) is 0 Å². The van der Waals surface area contributed by atoms with Crippen molar-refractivity contribution in [3.8, 4) is 11.3 Å². The molecular weight excluding hydrogens is 286 g/mol. The Bertz CT molecular complexity index is 722. The van der Waals surface area contributed by atoms with Crippen LogP contribution in [0.5, 0.6) is 0 Å². The lowest BCUT2D eigenvalue weighted by atomic mass is 10.0. The highest BCUT2D eigenvalue weighted by Crippen LogP contribution is 2.21. The highest BCUT2D eigenvalue weighted by Gasteiger charge is 2.19. The monoisotopic (exact) mass is 308 g/mol. The van der Waals surface area contributed by atoms with Gasteiger partial charge in [0.05, 0.1) is 0 Å². The first-order valence-electron chi connectivity index (χ1n) is 7.94. The maximum atomic E-state index is 10.4. The van der Waals surface area contributed by atoms with Crippen molar-refractivity contribution in [2.24, 2.45) is 0 Å². The van der Waals surface area contributed by atoms with Crippen LogP contribution in [-0.2, 0) is 6.54 Å². The SMILES string of the molecule is C[C@H]([NH2+]Cc1ccc(-c2ccccc2)o1)[C@@H](O)c1ccccc1. The average Bonchev–Trinajstić information content (AvgIpc) is 3.09. The Morgan fingerprint density at radius 3 is 2.26 bits per heavy atom. The van der Waals surface area contributed by atoms with E-state index in [-0.39, 0.29) is 6.04 Å². The molecule has 0 spiro atoms. The normalized spacial score (nSPS) is 13.7. The second-order valence-corrected chi connectivity index (χ2v) is 5.79. The molecule has 0 aliphatic carbocycles. The number of benzene rings is 2. The molecule has 3 rings (SSSR count). The van der Waals surface area contributed by atoms with Crippen molar-refractivity contribution < 1.29 is 14.8 Å². The van der Waals surface area contributed by atoms with E-state index in [1.807, 2.05) is 79.7 Å². The van der Waals surface area contributed by atoms with Crippen LogP contribution in [0.1, 0.15) is 24.4 Å². The quantitative estimate of drug-likeness (QED) is 0.735. The van der Waals surface area contributed by atoms with E-state index in [1.165, 1.54) is 0 Å². The van der Waals surface area contributed by atoms with Crippen molar-refractivity contribution in [3.05, 3.63) is 84.1 Å². The molecule has 1 aromatic heterocycles. The number of rotatable bonds is 6. The zero-order valence-corrected chi connectivity index (χ0v) is 13.2. The molecule has 2 aromatic carbocycles. The molecule has 3 N–H and O–H groups in total. The third-order valence-electron chi connectivity index (χ3n) is 4.05. The molecule has 0 aliphatic heterocycles. The number of aliphatic hydroxyl groups excluding tert-OH is 1. The van der Waals surface area contributed by atoms with E-state index < -0.39 is 6.10 Å². The summed E-state index contributed by atoms with van der Waals surface area (Å²) in [5, 5.41) is 12.5. The lowest BCUT2D eigenvalue weighted by Gasteiger charge is -2.17. The summed E-state index contributed by atoms with van der Waals surface area (Å²) >= 11 is 0. The van der Waals surface area contributed by atoms with Crippen molar-refractivity contribution in [2.75, 3.05) is 0 Å². The highest BCUT2D eigenvalue weighted by molar-refractivity contribution is 5.57. The predicted molar refractivity (Wildman–Crippen MR) is 90.6 cm³/mol. The van der Waals surface area contributed by atoms with E-state index in [4.69, 9.17) is 4.42 Å². The average molecular weight is 308 g/mol. The summed E-state index contributed by atoms with van der Waals surface area (Å²) in [6.45, 7) is 2.73. The Morgan fingerprint density at radius 1 is 0.913 bits per heavy atom. The molecule has 0 radical (unpaired) electrons. The maximum absolute atomic E-state index is 10.4. The van der Waals surface area contributed by atoms with Crippen LogP contribution in [0.15, 0.2) is 77.2 Å². The van der Waals surface area contributed by atoms with Crippen molar-refractivity contribution in [2.45, 2.75) is 25.6 Å². The Kier molecular flexibility index (Phi) is 4.91. The minimum Gasteiger partial charge on any atom is -0.455 e. The van der Waals surface area contributed by atoms with Gasteiger partial charge in [-0.15, -0.1) is 0 Å². The zero-order chi connectivity index (χ0) is 16.1. The van der Waals surface area contributed by atoms with Crippen LogP contribution in [0, 0.1) is 0 Å². The largest absolute Gasteiger partial charge is 0.455 e. The van der Waals surface area contributed by atoms with E-state index in [9.17, 15) is 5.11 Å². The van der Waals surface area contributed by atoms with E-state index >= 15 is 0 Å². The Hall–Kier alpha value is -2.36. The molecule has 0 saturated heterocycles. The lowest BCUT2D eigenvalue weighted by Crippen LogP contribution is -2.88. The van der Waals surface area contributed by atoms with Crippen LogP contribution in [0.2, 0.25) is 0 Å². The first kappa shape index (κ1) is 15.5. The van der Waals surface area contributed by atoms with Gasteiger partial charge in [-0.25, -0.2) is 0 Å². The van der Waals surface area contributed by atoms with E-state index in [0.717, 1.165) is 22.6 Å². The lowest BCUT2D eigenvalue weighted by molar-refractivity contribution is -0.710. The van der Waals surface area contributed by atoms with Gasteiger partial charge in [-0.3, -0.25) is 0 Å². The van der Waals surface area contributed by atoms with Gasteiger partial charge in [-0.1, -0.05) is 60.7 Å². The van der Waals surface area contributed by atoms with Crippen molar-refractivity contribution in [3.63, 3.8) is 0 Å². The van der Waals surface area contributed by atoms with E-state index in [1.54, 1.807) is 0 Å². The van der Waals surface area contributed by atoms with Gasteiger partial charge in [-0.05, 0) is 24.6 Å². The van der Waals surface area contributed by atoms with Gasteiger partial charge in [-0.2, -0.15) is 0 Å². The van der Waals surface area contributed by atoms with Gasteiger partial charge in [0.2, 0.25) is 0 Å². The Balaban J connectivity index is 1.59. The molecule has 0 bridgehead atoms. The smallest absolute Gasteiger partial charge is 0.158 e. The summed E-state index contributed by atoms with van der Waals surface area (Å²) in [6.07, 6.45) is -0.486. The molecule has 0 amide bonds. The third-order valence-corrected chi connectivity index (χ3v) is 4.05. The first-order valence-corrected chi connectivity index (χ1v) is 7.94. The van der Waals surface area contributed by atoms with Crippen molar-refractivity contribution in [1.82, 2.24) is 0 Å². The fourth-order valence-corrected chi connectivity index (χ4v) is 2.63. The number of aliphatic hydroxyl groups is 1. The molecule has 3 nitrogen and oxygen atoms in total. The zero-order valence-electron chi connectivity index (χ0n) is 13.2. The van der Waals surface area contributed by atoms with Gasteiger partial charge in [0.25, 0.3) is 0 Å². The van der Waals surface area contributed by atoms with Gasteiger partial charge in [0.1, 0.15) is 24.5 Å². The number of hydrogen-bond acceptors (Lipinski definition) is 2. The molecule has 118 valence electrons. The molecule has 0 saturated carbocycles. The predicted octanol–water partition coefficient (Wildman–Crippen LogP) is 3.13. The molecule has 3 aromatic rings. The summed E-state index contributed by atoms with van der Waals surface area (Å²) in [4.78, 5) is 0. The minimum absolute atomic E-state index is 0.0580. The highest BCUT2D eigenvalue weighted by atomic mass is 16.3. The number of furan rings is 1. The topological polar surface area (TPSA) is 50.0 Å². The summed E-state index contributed by atoms with van der Waals surface area (Å²) in [5.74, 6) is 1.79. The first-order chi connectivity index (χ1) is 11.2. The van der Waals surface area contributed by atoms with Crippen LogP contribution in [0.3, 0.4) is 0 Å². The fraction of sp³-hybridized carbons (Fsp3) is 0.200. The molecule has 3 heteroatoms. The van der Waals surface area contributed by atoms with E-state index in [2.05, 4.69) is 5.32 Å². The molecule has 0 fully saturated rings. The van der Waals surface area contributed by atoms with Crippen molar-refractivity contribution >= 4 is 0 Å². The Morgan fingerprint density at radius 2 is 1.57 bits per heavy atom. The fourth-order valence-electron chi connectivity index (χ4n) is 2.63. The number of hydrogen-bond donors (Lipinski definition) is 2. The van der Waals surface area contributed by atoms with Gasteiger partial charge in [0, 0.05) is 5.56 Å². The van der Waals surface area contributed by atoms with Crippen LogP contribution < -0.4 is 5.32 Å². The summed E-state index contributed by atoms with van der Waals surface area (Å²) in [7, 11) is 0. The molecule has 1 heterocycles. The Labute approximate surface area is 136 Å². The van der Waals surface area contributed by atoms with Crippen LogP contribution in [0.4, 0.5) is 0 Å². The number of quaternary nitrogens is 1. The number of nitrogens with two attached hydrogens (primary N) is 1. The third kappa shape index (κ3) is 3.89. The standard InChI is InChI=1S/C20H21NO2/c1-15(20(22)17-10-6-3-7-11-17)21-14-18-12-13-19(23-18)16-8-4-2-5-9-16/h2-13,15,20-22H,14H2,1H3/p+1/t15-,20+/m0/s1. The molecule has 0 aliphatic rings. The summed E-state index contributed by atoms with van der Waals surface area (Å²) in [5.41, 5.74) is 2.02.